The van der Waals surface area contributed by atoms with Crippen molar-refractivity contribution in [3.63, 3.8) is 0 Å². The zero-order valence-electron chi connectivity index (χ0n) is 13.3. The molecule has 134 valence electrons. The Hall–Kier alpha value is -1.71. The van der Waals surface area contributed by atoms with E-state index in [1.54, 1.807) is 0 Å². The van der Waals surface area contributed by atoms with Gasteiger partial charge in [-0.05, 0) is 19.3 Å². The minimum Gasteiger partial charge on any atom is -0.480 e. The Labute approximate surface area is 139 Å². The molecule has 24 heavy (non-hydrogen) atoms. The van der Waals surface area contributed by atoms with E-state index < -0.39 is 42.2 Å². The maximum Gasteiger partial charge on any atom is 0.326 e. The monoisotopic (exact) mass is 341 g/mol. The predicted molar refractivity (Wildman–Crippen MR) is 80.9 cm³/mol. The number of amides is 2. The van der Waals surface area contributed by atoms with E-state index in [4.69, 9.17) is 0 Å². The molecule has 4 N–H and O–H groups in total. The van der Waals surface area contributed by atoms with E-state index >= 15 is 0 Å². The summed E-state index contributed by atoms with van der Waals surface area (Å²) in [5, 5.41) is 31.6. The van der Waals surface area contributed by atoms with E-state index in [9.17, 15) is 29.7 Å². The number of β-amino-alcohol motifs (C(OH)–C–C–N with tert-alkyl or cyclic N) is 2. The molecule has 3 saturated heterocycles. The van der Waals surface area contributed by atoms with Crippen molar-refractivity contribution in [1.82, 2.24) is 15.1 Å². The van der Waals surface area contributed by atoms with Crippen LogP contribution in [0.25, 0.3) is 0 Å². The molecular formula is C15H23N3O6. The van der Waals surface area contributed by atoms with Crippen LogP contribution in [0, 0.1) is 0 Å². The Kier molecular flexibility index (Phi) is 4.75. The van der Waals surface area contributed by atoms with Crippen molar-refractivity contribution in [1.29, 1.82) is 0 Å². The van der Waals surface area contributed by atoms with Gasteiger partial charge in [0.05, 0.1) is 18.2 Å². The van der Waals surface area contributed by atoms with E-state index in [0.29, 0.717) is 25.9 Å². The SMILES string of the molecule is O=C(O)[C@@H]1CCCN1C(=O)[C@@H]1C[C@@H](O)CN1C(=O)[C@@H]1C[C@@H](O)CN1. The summed E-state index contributed by atoms with van der Waals surface area (Å²) in [6.07, 6.45) is -0.00451. The number of aliphatic carboxylic acids is 1. The van der Waals surface area contributed by atoms with E-state index in [1.165, 1.54) is 9.80 Å². The van der Waals surface area contributed by atoms with Gasteiger partial charge in [-0.1, -0.05) is 0 Å². The predicted octanol–water partition coefficient (Wildman–Crippen LogP) is -2.25. The molecule has 3 fully saturated rings. The van der Waals surface area contributed by atoms with E-state index in [2.05, 4.69) is 5.32 Å². The Bertz CT molecular complexity index is 541. The molecule has 3 aliphatic rings. The second-order valence-electron chi connectivity index (χ2n) is 6.77. The quantitative estimate of drug-likeness (QED) is 0.456. The third-order valence-electron chi connectivity index (χ3n) is 5.07. The van der Waals surface area contributed by atoms with Crippen molar-refractivity contribution in [2.24, 2.45) is 0 Å². The first kappa shape index (κ1) is 17.1. The van der Waals surface area contributed by atoms with Crippen molar-refractivity contribution in [3.8, 4) is 0 Å². The third-order valence-corrected chi connectivity index (χ3v) is 5.07. The molecule has 9 nitrogen and oxygen atoms in total. The van der Waals surface area contributed by atoms with Crippen LogP contribution in [0.4, 0.5) is 0 Å². The van der Waals surface area contributed by atoms with Crippen LogP contribution in [0.2, 0.25) is 0 Å². The fourth-order valence-electron chi connectivity index (χ4n) is 3.88. The molecule has 0 saturated carbocycles. The fourth-order valence-corrected chi connectivity index (χ4v) is 3.88. The van der Waals surface area contributed by atoms with Gasteiger partial charge < -0.3 is 30.4 Å². The maximum absolute atomic E-state index is 12.8. The first-order valence-electron chi connectivity index (χ1n) is 8.31. The van der Waals surface area contributed by atoms with Gasteiger partial charge in [0.25, 0.3) is 0 Å². The molecule has 3 aliphatic heterocycles. The number of aliphatic hydroxyl groups is 2. The maximum atomic E-state index is 12.8. The number of carboxylic acid groups (broad SMARTS) is 1. The Balaban J connectivity index is 1.74. The summed E-state index contributed by atoms with van der Waals surface area (Å²) in [5.41, 5.74) is 0. The molecule has 0 bridgehead atoms. The molecule has 0 aromatic carbocycles. The van der Waals surface area contributed by atoms with Gasteiger partial charge in [-0.15, -0.1) is 0 Å². The van der Waals surface area contributed by atoms with E-state index in [1.807, 2.05) is 0 Å². The van der Waals surface area contributed by atoms with Crippen molar-refractivity contribution < 1.29 is 29.7 Å². The minimum absolute atomic E-state index is 0.0507. The molecule has 3 heterocycles. The summed E-state index contributed by atoms with van der Waals surface area (Å²) >= 11 is 0. The normalized spacial score (nSPS) is 36.3. The summed E-state index contributed by atoms with van der Waals surface area (Å²) in [5.74, 6) is -1.78. The number of aliphatic hydroxyl groups excluding tert-OH is 2. The Morgan fingerprint density at radius 2 is 1.71 bits per heavy atom. The number of rotatable bonds is 3. The highest BCUT2D eigenvalue weighted by atomic mass is 16.4. The van der Waals surface area contributed by atoms with Crippen molar-refractivity contribution in [2.45, 2.75) is 56.0 Å². The zero-order valence-corrected chi connectivity index (χ0v) is 13.3. The summed E-state index contributed by atoms with van der Waals surface area (Å²) in [4.78, 5) is 39.4. The number of carbonyl (C=O) groups excluding carboxylic acids is 2. The van der Waals surface area contributed by atoms with Crippen molar-refractivity contribution in [2.75, 3.05) is 19.6 Å². The number of hydrogen-bond acceptors (Lipinski definition) is 6. The standard InChI is InChI=1S/C15H23N3O6/c19-8-4-10(16-6-8)13(21)18-7-9(20)5-12(18)14(22)17-3-1-2-11(17)15(23)24/h8-12,16,19-20H,1-7H2,(H,23,24)/t8-,9-,10+,11+,12+/m1/s1. The highest BCUT2D eigenvalue weighted by molar-refractivity contribution is 5.93. The molecule has 0 spiro atoms. The summed E-state index contributed by atoms with van der Waals surface area (Å²) in [6.45, 7) is 0.721. The highest BCUT2D eigenvalue weighted by Crippen LogP contribution is 2.26. The molecule has 3 rings (SSSR count). The molecular weight excluding hydrogens is 318 g/mol. The molecule has 0 unspecified atom stereocenters. The molecule has 0 aromatic heterocycles. The molecule has 0 radical (unpaired) electrons. The van der Waals surface area contributed by atoms with Crippen LogP contribution < -0.4 is 5.32 Å². The third kappa shape index (κ3) is 3.11. The van der Waals surface area contributed by atoms with Gasteiger partial charge in [0.1, 0.15) is 12.1 Å². The second kappa shape index (κ2) is 6.66. The number of carboxylic acids is 1. The minimum atomic E-state index is -1.04. The van der Waals surface area contributed by atoms with Crippen molar-refractivity contribution >= 4 is 17.8 Å². The average molecular weight is 341 g/mol. The molecule has 5 atom stereocenters. The Morgan fingerprint density at radius 1 is 0.958 bits per heavy atom. The highest BCUT2D eigenvalue weighted by Gasteiger charge is 2.46. The lowest BCUT2D eigenvalue weighted by atomic mass is 10.1. The molecule has 0 aliphatic carbocycles. The lowest BCUT2D eigenvalue weighted by molar-refractivity contribution is -0.152. The first-order chi connectivity index (χ1) is 11.4. The van der Waals surface area contributed by atoms with Gasteiger partial charge in [-0.2, -0.15) is 0 Å². The number of nitrogens with zero attached hydrogens (tertiary/aromatic N) is 2. The summed E-state index contributed by atoms with van der Waals surface area (Å²) < 4.78 is 0. The van der Waals surface area contributed by atoms with Crippen LogP contribution in [-0.4, -0.2) is 92.9 Å². The van der Waals surface area contributed by atoms with Gasteiger partial charge in [-0.3, -0.25) is 9.59 Å². The van der Waals surface area contributed by atoms with Crippen LogP contribution in [0.15, 0.2) is 0 Å². The fraction of sp³-hybridized carbons (Fsp3) is 0.800. The van der Waals surface area contributed by atoms with Gasteiger partial charge in [-0.25, -0.2) is 4.79 Å². The van der Waals surface area contributed by atoms with Crippen LogP contribution in [0.1, 0.15) is 25.7 Å². The largest absolute Gasteiger partial charge is 0.480 e. The van der Waals surface area contributed by atoms with E-state index in [-0.39, 0.29) is 25.3 Å². The average Bonchev–Trinajstić information content (AvgIpc) is 3.24. The molecule has 0 aromatic rings. The number of likely N-dealkylation sites (tertiary alicyclic amines) is 2. The topological polar surface area (TPSA) is 130 Å². The number of hydrogen-bond donors (Lipinski definition) is 4. The summed E-state index contributed by atoms with van der Waals surface area (Å²) in [7, 11) is 0. The number of carbonyl (C=O) groups is 3. The van der Waals surface area contributed by atoms with Gasteiger partial charge in [0.15, 0.2) is 0 Å². The first-order valence-corrected chi connectivity index (χ1v) is 8.31. The van der Waals surface area contributed by atoms with Crippen LogP contribution >= 0.6 is 0 Å². The molecule has 9 heteroatoms. The Morgan fingerprint density at radius 3 is 2.33 bits per heavy atom. The second-order valence-corrected chi connectivity index (χ2v) is 6.77. The van der Waals surface area contributed by atoms with Gasteiger partial charge in [0, 0.05) is 26.1 Å². The molecule has 2 amide bonds. The van der Waals surface area contributed by atoms with Gasteiger partial charge in [0.2, 0.25) is 11.8 Å². The van der Waals surface area contributed by atoms with E-state index in [0.717, 1.165) is 0 Å². The number of nitrogens with one attached hydrogen (secondary N) is 1. The van der Waals surface area contributed by atoms with Crippen LogP contribution in [0.5, 0.6) is 0 Å². The smallest absolute Gasteiger partial charge is 0.326 e. The zero-order chi connectivity index (χ0) is 17.4. The lowest BCUT2D eigenvalue weighted by Crippen LogP contribution is -2.53. The summed E-state index contributed by atoms with van der Waals surface area (Å²) in [6, 6.07) is -2.28. The van der Waals surface area contributed by atoms with Crippen molar-refractivity contribution in [3.05, 3.63) is 0 Å². The van der Waals surface area contributed by atoms with Crippen LogP contribution in [0.3, 0.4) is 0 Å². The lowest BCUT2D eigenvalue weighted by Gasteiger charge is -2.31. The van der Waals surface area contributed by atoms with Crippen LogP contribution in [-0.2, 0) is 14.4 Å². The van der Waals surface area contributed by atoms with Gasteiger partial charge >= 0.3 is 5.97 Å².